The van der Waals surface area contributed by atoms with Gasteiger partial charge in [-0.25, -0.2) is 8.42 Å². The van der Waals surface area contributed by atoms with Crippen LogP contribution in [-0.4, -0.2) is 45.4 Å². The van der Waals surface area contributed by atoms with Gasteiger partial charge in [0.25, 0.3) is 0 Å². The number of nitrogens with zero attached hydrogens (tertiary/aromatic N) is 1. The lowest BCUT2D eigenvalue weighted by Gasteiger charge is -2.31. The fraction of sp³-hybridized carbons (Fsp3) is 0.409. The summed E-state index contributed by atoms with van der Waals surface area (Å²) in [6, 6.07) is 11.9. The minimum absolute atomic E-state index is 0.0974. The third-order valence-electron chi connectivity index (χ3n) is 5.22. The van der Waals surface area contributed by atoms with Crippen molar-refractivity contribution in [1.29, 1.82) is 0 Å². The number of amides is 1. The molecule has 168 valence electrons. The van der Waals surface area contributed by atoms with Crippen LogP contribution in [0.1, 0.15) is 25.3 Å². The summed E-state index contributed by atoms with van der Waals surface area (Å²) < 4.78 is 38.1. The van der Waals surface area contributed by atoms with Gasteiger partial charge in [0.15, 0.2) is 0 Å². The maximum atomic E-state index is 13.1. The van der Waals surface area contributed by atoms with Gasteiger partial charge in [-0.1, -0.05) is 23.7 Å². The molecule has 7 nitrogen and oxygen atoms in total. The summed E-state index contributed by atoms with van der Waals surface area (Å²) >= 11 is 6.17. The summed E-state index contributed by atoms with van der Waals surface area (Å²) in [7, 11) is -2.16. The van der Waals surface area contributed by atoms with Crippen LogP contribution >= 0.6 is 11.6 Å². The van der Waals surface area contributed by atoms with Crippen LogP contribution in [0.2, 0.25) is 5.02 Å². The van der Waals surface area contributed by atoms with Gasteiger partial charge in [-0.3, -0.25) is 4.79 Å². The molecule has 1 N–H and O–H groups in total. The van der Waals surface area contributed by atoms with Crippen LogP contribution in [0.15, 0.2) is 47.4 Å². The predicted octanol–water partition coefficient (Wildman–Crippen LogP) is 3.46. The molecular formula is C22H27ClN2O5S. The van der Waals surface area contributed by atoms with E-state index in [9.17, 15) is 13.2 Å². The first-order valence-corrected chi connectivity index (χ1v) is 12.0. The number of hydrogen-bond donors (Lipinski definition) is 1. The minimum Gasteiger partial charge on any atom is -0.497 e. The molecule has 0 unspecified atom stereocenters. The van der Waals surface area contributed by atoms with E-state index < -0.39 is 15.9 Å². The summed E-state index contributed by atoms with van der Waals surface area (Å²) in [5.74, 6) is 0.635. The fourth-order valence-corrected chi connectivity index (χ4v) is 5.37. The largest absolute Gasteiger partial charge is 0.497 e. The highest BCUT2D eigenvalue weighted by Gasteiger charge is 2.33. The molecule has 3 rings (SSSR count). The Labute approximate surface area is 188 Å². The number of rotatable bonds is 8. The first-order valence-electron chi connectivity index (χ1n) is 10.2. The van der Waals surface area contributed by atoms with Crippen molar-refractivity contribution in [1.82, 2.24) is 9.62 Å². The van der Waals surface area contributed by atoms with Gasteiger partial charge in [0.05, 0.1) is 29.6 Å². The number of carbonyl (C=O) groups excluding carboxylic acids is 1. The average Bonchev–Trinajstić information content (AvgIpc) is 2.79. The van der Waals surface area contributed by atoms with Gasteiger partial charge in [0.1, 0.15) is 11.5 Å². The van der Waals surface area contributed by atoms with Crippen LogP contribution in [0.5, 0.6) is 11.5 Å². The normalized spacial score (nSPS) is 17.2. The number of nitrogens with one attached hydrogen (secondary N) is 1. The number of hydrogen-bond acceptors (Lipinski definition) is 5. The topological polar surface area (TPSA) is 84.9 Å². The van der Waals surface area contributed by atoms with Crippen LogP contribution in [0, 0.1) is 5.92 Å². The number of sulfonamides is 1. The van der Waals surface area contributed by atoms with E-state index in [0.29, 0.717) is 38.3 Å². The lowest BCUT2D eigenvalue weighted by molar-refractivity contribution is -0.126. The Kier molecular flexibility index (Phi) is 7.80. The monoisotopic (exact) mass is 466 g/mol. The Morgan fingerprint density at radius 1 is 1.23 bits per heavy atom. The first-order chi connectivity index (χ1) is 14.8. The highest BCUT2D eigenvalue weighted by atomic mass is 35.5. The van der Waals surface area contributed by atoms with Gasteiger partial charge in [0.2, 0.25) is 15.9 Å². The number of carbonyl (C=O) groups is 1. The number of piperidine rings is 1. The number of halogens is 1. The third kappa shape index (κ3) is 5.70. The first kappa shape index (κ1) is 23.4. The molecular weight excluding hydrogens is 440 g/mol. The highest BCUT2D eigenvalue weighted by Crippen LogP contribution is 2.30. The number of benzene rings is 2. The second-order valence-electron chi connectivity index (χ2n) is 7.29. The summed E-state index contributed by atoms with van der Waals surface area (Å²) in [4.78, 5) is 12.8. The van der Waals surface area contributed by atoms with Gasteiger partial charge in [-0.2, -0.15) is 4.31 Å². The predicted molar refractivity (Wildman–Crippen MR) is 119 cm³/mol. The van der Waals surface area contributed by atoms with Crippen molar-refractivity contribution in [3.8, 4) is 11.5 Å². The van der Waals surface area contributed by atoms with E-state index in [4.69, 9.17) is 21.1 Å². The van der Waals surface area contributed by atoms with E-state index in [1.54, 1.807) is 13.2 Å². The van der Waals surface area contributed by atoms with E-state index in [2.05, 4.69) is 5.32 Å². The van der Waals surface area contributed by atoms with Gasteiger partial charge in [-0.15, -0.1) is 0 Å². The Balaban J connectivity index is 1.64. The molecule has 1 fully saturated rings. The maximum absolute atomic E-state index is 13.1. The molecule has 1 heterocycles. The van der Waals surface area contributed by atoms with Crippen LogP contribution in [0.3, 0.4) is 0 Å². The molecule has 31 heavy (non-hydrogen) atoms. The number of methoxy groups -OCH3 is 1. The lowest BCUT2D eigenvalue weighted by atomic mass is 9.99. The highest BCUT2D eigenvalue weighted by molar-refractivity contribution is 7.89. The molecule has 0 bridgehead atoms. The van der Waals surface area contributed by atoms with Gasteiger partial charge in [-0.05, 0) is 55.7 Å². The van der Waals surface area contributed by atoms with E-state index in [1.165, 1.54) is 16.4 Å². The Morgan fingerprint density at radius 3 is 2.61 bits per heavy atom. The zero-order chi connectivity index (χ0) is 22.4. The summed E-state index contributed by atoms with van der Waals surface area (Å²) in [5.41, 5.74) is 0.943. The molecule has 1 amide bonds. The third-order valence-corrected chi connectivity index (χ3v) is 7.38. The molecule has 1 aliphatic rings. The molecule has 2 aromatic carbocycles. The standard InChI is InChI=1S/C22H27ClN2O5S/c1-3-30-21-11-10-19(13-20(21)23)31(27,28)25-12-4-5-17(15-25)22(26)24-14-16-6-8-18(29-2)9-7-16/h6-11,13,17H,3-5,12,14-15H2,1-2H3,(H,24,26)/t17-/m1/s1. The summed E-state index contributed by atoms with van der Waals surface area (Å²) in [5, 5.41) is 3.15. The molecule has 0 aliphatic carbocycles. The maximum Gasteiger partial charge on any atom is 0.243 e. The smallest absolute Gasteiger partial charge is 0.243 e. The molecule has 0 spiro atoms. The van der Waals surface area contributed by atoms with E-state index in [0.717, 1.165) is 11.3 Å². The zero-order valence-electron chi connectivity index (χ0n) is 17.6. The van der Waals surface area contributed by atoms with Gasteiger partial charge >= 0.3 is 0 Å². The quantitative estimate of drug-likeness (QED) is 0.644. The molecule has 0 saturated carbocycles. The molecule has 0 aromatic heterocycles. The lowest BCUT2D eigenvalue weighted by Crippen LogP contribution is -2.45. The SMILES string of the molecule is CCOc1ccc(S(=O)(=O)N2CCC[C@@H](C(=O)NCc3ccc(OC)cc3)C2)cc1Cl. The van der Waals surface area contributed by atoms with Crippen molar-refractivity contribution < 1.29 is 22.7 Å². The van der Waals surface area contributed by atoms with E-state index >= 15 is 0 Å². The summed E-state index contributed by atoms with van der Waals surface area (Å²) in [6.07, 6.45) is 1.26. The van der Waals surface area contributed by atoms with Crippen molar-refractivity contribution in [2.45, 2.75) is 31.2 Å². The van der Waals surface area contributed by atoms with Gasteiger partial charge < -0.3 is 14.8 Å². The Morgan fingerprint density at radius 2 is 1.97 bits per heavy atom. The van der Waals surface area contributed by atoms with Crippen LogP contribution in [-0.2, 0) is 21.4 Å². The fourth-order valence-electron chi connectivity index (χ4n) is 3.52. The number of ether oxygens (including phenoxy) is 2. The average molecular weight is 467 g/mol. The second-order valence-corrected chi connectivity index (χ2v) is 9.64. The van der Waals surface area contributed by atoms with Crippen molar-refractivity contribution in [2.75, 3.05) is 26.8 Å². The van der Waals surface area contributed by atoms with Crippen LogP contribution in [0.4, 0.5) is 0 Å². The van der Waals surface area contributed by atoms with E-state index in [1.807, 2.05) is 31.2 Å². The molecule has 9 heteroatoms. The molecule has 1 saturated heterocycles. The minimum atomic E-state index is -3.76. The summed E-state index contributed by atoms with van der Waals surface area (Å²) in [6.45, 7) is 3.15. The second kappa shape index (κ2) is 10.3. The zero-order valence-corrected chi connectivity index (χ0v) is 19.2. The Hall–Kier alpha value is -2.29. The van der Waals surface area contributed by atoms with Crippen molar-refractivity contribution in [3.63, 3.8) is 0 Å². The van der Waals surface area contributed by atoms with Gasteiger partial charge in [0, 0.05) is 19.6 Å². The van der Waals surface area contributed by atoms with Crippen molar-refractivity contribution in [2.24, 2.45) is 5.92 Å². The van der Waals surface area contributed by atoms with Crippen LogP contribution in [0.25, 0.3) is 0 Å². The van der Waals surface area contributed by atoms with Crippen molar-refractivity contribution in [3.05, 3.63) is 53.1 Å². The molecule has 2 aromatic rings. The molecule has 1 aliphatic heterocycles. The molecule has 0 radical (unpaired) electrons. The Bertz CT molecular complexity index is 1010. The molecule has 1 atom stereocenters. The van der Waals surface area contributed by atoms with E-state index in [-0.39, 0.29) is 22.4 Å². The van der Waals surface area contributed by atoms with Crippen LogP contribution < -0.4 is 14.8 Å². The van der Waals surface area contributed by atoms with Crippen molar-refractivity contribution >= 4 is 27.5 Å².